The average Bonchev–Trinajstić information content (AvgIpc) is 3.68. The second-order valence-corrected chi connectivity index (χ2v) is 12.9. The van der Waals surface area contributed by atoms with E-state index in [1.807, 2.05) is 0 Å². The maximum absolute atomic E-state index is 2.39. The van der Waals surface area contributed by atoms with Gasteiger partial charge in [0.1, 0.15) is 0 Å². The molecular formula is C46H32N2. The quantitative estimate of drug-likeness (QED) is 0.187. The van der Waals surface area contributed by atoms with Crippen LogP contribution in [0.1, 0.15) is 29.0 Å². The van der Waals surface area contributed by atoms with Crippen LogP contribution in [0.15, 0.2) is 170 Å². The van der Waals surface area contributed by atoms with Gasteiger partial charge in [-0.3, -0.25) is 0 Å². The summed E-state index contributed by atoms with van der Waals surface area (Å²) in [5, 5.41) is 5.15. The van der Waals surface area contributed by atoms with Crippen molar-refractivity contribution in [3.05, 3.63) is 187 Å². The number of nitrogens with zero attached hydrogens (tertiary/aromatic N) is 2. The number of hydrogen-bond acceptors (Lipinski definition) is 0. The number of rotatable bonds is 4. The topological polar surface area (TPSA) is 9.86 Å². The molecule has 0 N–H and O–H groups in total. The Kier molecular flexibility index (Phi) is 6.04. The molecule has 7 aromatic carbocycles. The van der Waals surface area contributed by atoms with Gasteiger partial charge in [0, 0.05) is 38.8 Å². The van der Waals surface area contributed by atoms with E-state index in [0.29, 0.717) is 5.92 Å². The molecule has 0 aliphatic heterocycles. The SMILES string of the molecule is C1=Cc2c(-c3ccc(-n4c5ccccc5c5ccccc54)cc3)cccc2C(c2ccc(-n3c4ccccc4c4ccccc43)cc2)C1. The molecule has 1 atom stereocenters. The van der Waals surface area contributed by atoms with Gasteiger partial charge < -0.3 is 9.13 Å². The van der Waals surface area contributed by atoms with Gasteiger partial charge in [-0.2, -0.15) is 0 Å². The van der Waals surface area contributed by atoms with Crippen LogP contribution in [0.25, 0.3) is 72.2 Å². The molecular weight excluding hydrogens is 581 g/mol. The Labute approximate surface area is 279 Å². The molecule has 1 aliphatic carbocycles. The highest BCUT2D eigenvalue weighted by molar-refractivity contribution is 6.10. The molecule has 1 unspecified atom stereocenters. The number of fused-ring (bicyclic) bond motifs is 7. The first-order valence-electron chi connectivity index (χ1n) is 16.8. The zero-order valence-corrected chi connectivity index (χ0v) is 26.4. The number of allylic oxidation sites excluding steroid dienone is 1. The Morgan fingerprint density at radius 2 is 0.875 bits per heavy atom. The summed E-state index contributed by atoms with van der Waals surface area (Å²) < 4.78 is 4.78. The molecule has 48 heavy (non-hydrogen) atoms. The molecule has 0 spiro atoms. The fourth-order valence-electron chi connectivity index (χ4n) is 8.14. The van der Waals surface area contributed by atoms with Gasteiger partial charge in [-0.05, 0) is 82.8 Å². The third-order valence-electron chi connectivity index (χ3n) is 10.3. The first kappa shape index (κ1) is 27.0. The van der Waals surface area contributed by atoms with Crippen LogP contribution in [-0.4, -0.2) is 9.13 Å². The summed E-state index contributed by atoms with van der Waals surface area (Å²) in [6.45, 7) is 0. The number of aromatic nitrogens is 2. The molecule has 0 saturated heterocycles. The molecule has 2 nitrogen and oxygen atoms in total. The standard InChI is InChI=1S/C46H32N2/c1-5-19-43-39(11-1)40-12-2-6-20-44(40)47(43)33-27-23-31(24-28-33)35-15-9-18-38-36(16-10-17-37(35)38)32-25-29-34(30-26-32)48-45-21-7-3-13-41(45)42-14-4-8-22-46(42)48/h1-15,17-30,36H,16H2. The van der Waals surface area contributed by atoms with E-state index < -0.39 is 0 Å². The molecule has 0 amide bonds. The van der Waals surface area contributed by atoms with Crippen molar-refractivity contribution < 1.29 is 0 Å². The predicted molar refractivity (Wildman–Crippen MR) is 202 cm³/mol. The van der Waals surface area contributed by atoms with Crippen molar-refractivity contribution in [1.29, 1.82) is 0 Å². The second-order valence-electron chi connectivity index (χ2n) is 12.9. The van der Waals surface area contributed by atoms with E-state index in [2.05, 4.69) is 185 Å². The van der Waals surface area contributed by atoms with Crippen LogP contribution in [0.4, 0.5) is 0 Å². The van der Waals surface area contributed by atoms with Gasteiger partial charge >= 0.3 is 0 Å². The van der Waals surface area contributed by atoms with Crippen LogP contribution >= 0.6 is 0 Å². The summed E-state index contributed by atoms with van der Waals surface area (Å²) in [7, 11) is 0. The van der Waals surface area contributed by atoms with Crippen molar-refractivity contribution in [2.75, 3.05) is 0 Å². The summed E-state index contributed by atoms with van der Waals surface area (Å²) in [5.41, 5.74) is 13.9. The minimum Gasteiger partial charge on any atom is -0.309 e. The molecule has 0 bridgehead atoms. The van der Waals surface area contributed by atoms with Gasteiger partial charge in [0.25, 0.3) is 0 Å². The molecule has 2 aromatic heterocycles. The lowest BCUT2D eigenvalue weighted by Gasteiger charge is -2.25. The smallest absolute Gasteiger partial charge is 0.0541 e. The van der Waals surface area contributed by atoms with Crippen LogP contribution in [-0.2, 0) is 0 Å². The van der Waals surface area contributed by atoms with E-state index in [1.54, 1.807) is 0 Å². The number of benzene rings is 7. The van der Waals surface area contributed by atoms with E-state index in [9.17, 15) is 0 Å². The second kappa shape index (κ2) is 10.7. The molecule has 10 rings (SSSR count). The fourth-order valence-corrected chi connectivity index (χ4v) is 8.14. The highest BCUT2D eigenvalue weighted by Crippen LogP contribution is 2.41. The minimum absolute atomic E-state index is 0.314. The highest BCUT2D eigenvalue weighted by atomic mass is 15.0. The summed E-state index contributed by atoms with van der Waals surface area (Å²) in [4.78, 5) is 0. The number of hydrogen-bond donors (Lipinski definition) is 0. The predicted octanol–water partition coefficient (Wildman–Crippen LogP) is 12.1. The Hall–Kier alpha value is -6.12. The van der Waals surface area contributed by atoms with Crippen molar-refractivity contribution in [3.63, 3.8) is 0 Å². The lowest BCUT2D eigenvalue weighted by Crippen LogP contribution is -2.07. The lowest BCUT2D eigenvalue weighted by atomic mass is 9.80. The maximum Gasteiger partial charge on any atom is 0.0541 e. The van der Waals surface area contributed by atoms with Gasteiger partial charge in [0.05, 0.1) is 22.1 Å². The fraction of sp³-hybridized carbons (Fsp3) is 0.0435. The van der Waals surface area contributed by atoms with Crippen LogP contribution < -0.4 is 0 Å². The van der Waals surface area contributed by atoms with E-state index in [-0.39, 0.29) is 0 Å². The Bertz CT molecular complexity index is 2580. The molecule has 2 heteroatoms. The molecule has 2 heterocycles. The van der Waals surface area contributed by atoms with Gasteiger partial charge in [-0.15, -0.1) is 0 Å². The molecule has 226 valence electrons. The zero-order chi connectivity index (χ0) is 31.6. The molecule has 1 aliphatic rings. The summed E-state index contributed by atoms with van der Waals surface area (Å²) in [5.74, 6) is 0.314. The highest BCUT2D eigenvalue weighted by Gasteiger charge is 2.22. The third kappa shape index (κ3) is 4.06. The molecule has 0 radical (unpaired) electrons. The molecule has 9 aromatic rings. The Balaban J connectivity index is 1.01. The minimum atomic E-state index is 0.314. The Morgan fingerprint density at radius 3 is 1.38 bits per heavy atom. The zero-order valence-electron chi connectivity index (χ0n) is 26.4. The van der Waals surface area contributed by atoms with E-state index in [1.165, 1.54) is 82.8 Å². The largest absolute Gasteiger partial charge is 0.309 e. The van der Waals surface area contributed by atoms with Gasteiger partial charge in [0.2, 0.25) is 0 Å². The van der Waals surface area contributed by atoms with Crippen molar-refractivity contribution in [1.82, 2.24) is 9.13 Å². The van der Waals surface area contributed by atoms with Crippen LogP contribution in [0.2, 0.25) is 0 Å². The summed E-state index contributed by atoms with van der Waals surface area (Å²) in [6, 6.07) is 60.0. The summed E-state index contributed by atoms with van der Waals surface area (Å²) >= 11 is 0. The summed E-state index contributed by atoms with van der Waals surface area (Å²) in [6.07, 6.45) is 5.68. The third-order valence-corrected chi connectivity index (χ3v) is 10.3. The maximum atomic E-state index is 2.39. The van der Waals surface area contributed by atoms with Gasteiger partial charge in [-0.25, -0.2) is 0 Å². The van der Waals surface area contributed by atoms with Crippen LogP contribution in [0.3, 0.4) is 0 Å². The molecule has 0 saturated carbocycles. The van der Waals surface area contributed by atoms with E-state index in [0.717, 1.165) is 6.42 Å². The van der Waals surface area contributed by atoms with Crippen molar-refractivity contribution in [2.45, 2.75) is 12.3 Å². The average molecular weight is 613 g/mol. The number of para-hydroxylation sites is 4. The lowest BCUT2D eigenvalue weighted by molar-refractivity contribution is 0.819. The van der Waals surface area contributed by atoms with Crippen molar-refractivity contribution >= 4 is 49.7 Å². The monoisotopic (exact) mass is 612 g/mol. The van der Waals surface area contributed by atoms with E-state index in [4.69, 9.17) is 0 Å². The van der Waals surface area contributed by atoms with E-state index >= 15 is 0 Å². The first-order valence-corrected chi connectivity index (χ1v) is 16.8. The van der Waals surface area contributed by atoms with Crippen molar-refractivity contribution in [2.24, 2.45) is 0 Å². The van der Waals surface area contributed by atoms with Crippen molar-refractivity contribution in [3.8, 4) is 22.5 Å². The normalized spacial score (nSPS) is 14.3. The van der Waals surface area contributed by atoms with Gasteiger partial charge in [-0.1, -0.05) is 127 Å². The van der Waals surface area contributed by atoms with Crippen LogP contribution in [0.5, 0.6) is 0 Å². The Morgan fingerprint density at radius 1 is 0.417 bits per heavy atom. The first-order chi connectivity index (χ1) is 23.8. The van der Waals surface area contributed by atoms with Gasteiger partial charge in [0.15, 0.2) is 0 Å². The molecule has 0 fully saturated rings. The van der Waals surface area contributed by atoms with Crippen LogP contribution in [0, 0.1) is 0 Å².